The monoisotopic (exact) mass is 320 g/mol. The lowest BCUT2D eigenvalue weighted by molar-refractivity contribution is -0.143. The van der Waals surface area contributed by atoms with Crippen LogP contribution in [0.3, 0.4) is 0 Å². The SMILES string of the molecule is CNC(C(=O)O)C(=O)NCCc1ccc(Br)s1. The molecule has 0 radical (unpaired) electrons. The first-order valence-electron chi connectivity index (χ1n) is 4.96. The lowest BCUT2D eigenvalue weighted by atomic mass is 10.2. The quantitative estimate of drug-likeness (QED) is 0.679. The van der Waals surface area contributed by atoms with Crippen LogP contribution in [0.15, 0.2) is 15.9 Å². The summed E-state index contributed by atoms with van der Waals surface area (Å²) in [6.07, 6.45) is 0.693. The van der Waals surface area contributed by atoms with Crippen LogP contribution in [0.5, 0.6) is 0 Å². The van der Waals surface area contributed by atoms with E-state index < -0.39 is 17.9 Å². The Balaban J connectivity index is 2.35. The summed E-state index contributed by atoms with van der Waals surface area (Å²) >= 11 is 4.94. The summed E-state index contributed by atoms with van der Waals surface area (Å²) < 4.78 is 1.04. The van der Waals surface area contributed by atoms with E-state index in [9.17, 15) is 9.59 Å². The van der Waals surface area contributed by atoms with Gasteiger partial charge >= 0.3 is 5.97 Å². The number of halogens is 1. The molecule has 0 bridgehead atoms. The van der Waals surface area contributed by atoms with Gasteiger partial charge in [-0.15, -0.1) is 11.3 Å². The standard InChI is InChI=1S/C10H13BrN2O3S/c1-12-8(10(15)16)9(14)13-5-4-6-2-3-7(11)17-6/h2-3,8,12H,4-5H2,1H3,(H,13,14)(H,15,16). The van der Waals surface area contributed by atoms with Gasteiger partial charge in [-0.05, 0) is 41.5 Å². The molecule has 1 heterocycles. The Morgan fingerprint density at radius 1 is 1.53 bits per heavy atom. The van der Waals surface area contributed by atoms with Crippen molar-refractivity contribution in [2.45, 2.75) is 12.5 Å². The van der Waals surface area contributed by atoms with E-state index in [1.807, 2.05) is 12.1 Å². The highest BCUT2D eigenvalue weighted by molar-refractivity contribution is 9.11. The molecule has 0 aliphatic carbocycles. The fourth-order valence-corrected chi connectivity index (χ4v) is 2.75. The molecule has 5 nitrogen and oxygen atoms in total. The number of amides is 1. The van der Waals surface area contributed by atoms with E-state index in [-0.39, 0.29) is 0 Å². The highest BCUT2D eigenvalue weighted by Crippen LogP contribution is 2.21. The molecule has 1 atom stereocenters. The zero-order chi connectivity index (χ0) is 12.8. The van der Waals surface area contributed by atoms with Gasteiger partial charge in [-0.3, -0.25) is 10.1 Å². The Hall–Kier alpha value is -0.920. The van der Waals surface area contributed by atoms with E-state index in [1.54, 1.807) is 11.3 Å². The van der Waals surface area contributed by atoms with Crippen LogP contribution in [0.25, 0.3) is 0 Å². The van der Waals surface area contributed by atoms with Crippen molar-refractivity contribution in [3.63, 3.8) is 0 Å². The zero-order valence-electron chi connectivity index (χ0n) is 9.20. The molecular formula is C10H13BrN2O3S. The minimum atomic E-state index is -1.19. The van der Waals surface area contributed by atoms with Crippen molar-refractivity contribution in [3.8, 4) is 0 Å². The summed E-state index contributed by atoms with van der Waals surface area (Å²) in [7, 11) is 1.44. The van der Waals surface area contributed by atoms with Gasteiger partial charge in [-0.1, -0.05) is 0 Å². The topological polar surface area (TPSA) is 78.4 Å². The Morgan fingerprint density at radius 3 is 2.71 bits per heavy atom. The van der Waals surface area contributed by atoms with Gasteiger partial charge in [0, 0.05) is 11.4 Å². The van der Waals surface area contributed by atoms with Gasteiger partial charge in [0.25, 0.3) is 0 Å². The fraction of sp³-hybridized carbons (Fsp3) is 0.400. The number of carbonyl (C=O) groups excluding carboxylic acids is 1. The smallest absolute Gasteiger partial charge is 0.330 e. The van der Waals surface area contributed by atoms with Crippen LogP contribution in [0.1, 0.15) is 4.88 Å². The van der Waals surface area contributed by atoms with Gasteiger partial charge in [-0.2, -0.15) is 0 Å². The van der Waals surface area contributed by atoms with Gasteiger partial charge in [0.1, 0.15) is 0 Å². The molecule has 0 saturated heterocycles. The molecule has 3 N–H and O–H groups in total. The molecule has 0 spiro atoms. The maximum absolute atomic E-state index is 11.5. The third kappa shape index (κ3) is 4.45. The molecule has 1 unspecified atom stereocenters. The molecule has 17 heavy (non-hydrogen) atoms. The van der Waals surface area contributed by atoms with Crippen LogP contribution in [-0.4, -0.2) is 36.6 Å². The summed E-state index contributed by atoms with van der Waals surface area (Å²) in [5, 5.41) is 13.8. The Morgan fingerprint density at radius 2 is 2.24 bits per heavy atom. The second-order valence-corrected chi connectivity index (χ2v) is 5.85. The van der Waals surface area contributed by atoms with Crippen molar-refractivity contribution in [2.24, 2.45) is 0 Å². The van der Waals surface area contributed by atoms with Gasteiger partial charge in [0.15, 0.2) is 6.04 Å². The number of rotatable bonds is 6. The lowest BCUT2D eigenvalue weighted by Crippen LogP contribution is -2.48. The minimum Gasteiger partial charge on any atom is -0.480 e. The largest absolute Gasteiger partial charge is 0.480 e. The Kier molecular flexibility index (Phi) is 5.60. The highest BCUT2D eigenvalue weighted by atomic mass is 79.9. The predicted molar refractivity (Wildman–Crippen MR) is 69.2 cm³/mol. The van der Waals surface area contributed by atoms with E-state index in [4.69, 9.17) is 5.11 Å². The average Bonchev–Trinajstić information content (AvgIpc) is 2.64. The molecule has 1 aromatic rings. The first-order valence-corrected chi connectivity index (χ1v) is 6.57. The number of hydrogen-bond donors (Lipinski definition) is 3. The van der Waals surface area contributed by atoms with Crippen molar-refractivity contribution in [2.75, 3.05) is 13.6 Å². The van der Waals surface area contributed by atoms with E-state index >= 15 is 0 Å². The van der Waals surface area contributed by atoms with Crippen molar-refractivity contribution in [3.05, 3.63) is 20.8 Å². The predicted octanol–water partition coefficient (Wildman–Crippen LogP) is 0.842. The summed E-state index contributed by atoms with van der Waals surface area (Å²) in [6.45, 7) is 0.428. The summed E-state index contributed by atoms with van der Waals surface area (Å²) in [4.78, 5) is 23.3. The van der Waals surface area contributed by atoms with Crippen LogP contribution in [0, 0.1) is 0 Å². The maximum atomic E-state index is 11.5. The number of nitrogens with one attached hydrogen (secondary N) is 2. The summed E-state index contributed by atoms with van der Waals surface area (Å²) in [5.41, 5.74) is 0. The molecule has 1 amide bonds. The molecule has 0 fully saturated rings. The first-order chi connectivity index (χ1) is 8.04. The van der Waals surface area contributed by atoms with Crippen LogP contribution >= 0.6 is 27.3 Å². The number of carboxylic acid groups (broad SMARTS) is 1. The molecule has 94 valence electrons. The highest BCUT2D eigenvalue weighted by Gasteiger charge is 2.23. The number of aliphatic carboxylic acids is 1. The van der Waals surface area contributed by atoms with Crippen molar-refractivity contribution >= 4 is 39.1 Å². The fourth-order valence-electron chi connectivity index (χ4n) is 1.26. The molecule has 1 rings (SSSR count). The molecule has 0 aliphatic rings. The van der Waals surface area contributed by atoms with Gasteiger partial charge in [0.05, 0.1) is 3.79 Å². The van der Waals surface area contributed by atoms with Crippen LogP contribution in [-0.2, 0) is 16.0 Å². The van der Waals surface area contributed by atoms with Crippen LogP contribution < -0.4 is 10.6 Å². The number of likely N-dealkylation sites (N-methyl/N-ethyl adjacent to an activating group) is 1. The first kappa shape index (κ1) is 14.1. The van der Waals surface area contributed by atoms with Crippen molar-refractivity contribution < 1.29 is 14.7 Å². The normalized spacial score (nSPS) is 12.1. The molecule has 1 aromatic heterocycles. The minimum absolute atomic E-state index is 0.428. The van der Waals surface area contributed by atoms with Gasteiger partial charge in [-0.25, -0.2) is 4.79 Å². The van der Waals surface area contributed by atoms with E-state index in [0.717, 1.165) is 8.66 Å². The summed E-state index contributed by atoms with van der Waals surface area (Å²) in [5.74, 6) is -1.69. The molecule has 0 aliphatic heterocycles. The Labute approximate surface area is 111 Å². The third-order valence-corrected chi connectivity index (χ3v) is 3.78. The summed E-state index contributed by atoms with van der Waals surface area (Å²) in [6, 6.07) is 2.72. The number of hydrogen-bond acceptors (Lipinski definition) is 4. The number of thiophene rings is 1. The molecular weight excluding hydrogens is 308 g/mol. The van der Waals surface area contributed by atoms with Crippen LogP contribution in [0.4, 0.5) is 0 Å². The second-order valence-electron chi connectivity index (χ2n) is 3.31. The molecule has 0 aromatic carbocycles. The average molecular weight is 321 g/mol. The maximum Gasteiger partial charge on any atom is 0.330 e. The van der Waals surface area contributed by atoms with Crippen molar-refractivity contribution in [1.82, 2.24) is 10.6 Å². The number of carbonyl (C=O) groups is 2. The molecule has 7 heteroatoms. The third-order valence-electron chi connectivity index (χ3n) is 2.10. The van der Waals surface area contributed by atoms with Crippen LogP contribution in [0.2, 0.25) is 0 Å². The van der Waals surface area contributed by atoms with Gasteiger partial charge < -0.3 is 10.4 Å². The number of carboxylic acids is 1. The van der Waals surface area contributed by atoms with E-state index in [0.29, 0.717) is 13.0 Å². The lowest BCUT2D eigenvalue weighted by Gasteiger charge is -2.11. The second kappa shape index (κ2) is 6.73. The van der Waals surface area contributed by atoms with Gasteiger partial charge in [0.2, 0.25) is 5.91 Å². The zero-order valence-corrected chi connectivity index (χ0v) is 11.6. The van der Waals surface area contributed by atoms with E-state index in [2.05, 4.69) is 26.6 Å². The Bertz CT molecular complexity index is 408. The van der Waals surface area contributed by atoms with E-state index in [1.165, 1.54) is 7.05 Å². The van der Waals surface area contributed by atoms with Crippen molar-refractivity contribution in [1.29, 1.82) is 0 Å². The molecule has 0 saturated carbocycles.